The quantitative estimate of drug-likeness (QED) is 0.0770. The number of hydrogen-bond donors (Lipinski definition) is 2. The van der Waals surface area contributed by atoms with Crippen molar-refractivity contribution in [2.24, 2.45) is 5.92 Å². The van der Waals surface area contributed by atoms with E-state index in [4.69, 9.17) is 14.2 Å². The van der Waals surface area contributed by atoms with Crippen LogP contribution in [0, 0.1) is 11.1 Å². The predicted molar refractivity (Wildman–Crippen MR) is 168 cm³/mol. The molecule has 0 aliphatic rings. The lowest BCUT2D eigenvalue weighted by Gasteiger charge is -2.12. The van der Waals surface area contributed by atoms with E-state index in [1.807, 2.05) is 0 Å². The van der Waals surface area contributed by atoms with E-state index < -0.39 is 32.6 Å². The highest BCUT2D eigenvalue weighted by atomic mass is 32.2. The predicted octanol–water partition coefficient (Wildman–Crippen LogP) is 3.64. The number of carbonyl (C=O) groups is 3. The van der Waals surface area contributed by atoms with E-state index in [0.29, 0.717) is 24.6 Å². The summed E-state index contributed by atoms with van der Waals surface area (Å²) in [5.41, 5.74) is 0.772. The second-order valence-corrected chi connectivity index (χ2v) is 13.0. The molecule has 3 rings (SSSR count). The van der Waals surface area contributed by atoms with Crippen LogP contribution in [0.4, 0.5) is 0 Å². The van der Waals surface area contributed by atoms with Gasteiger partial charge in [-0.1, -0.05) is 63.8 Å². The second kappa shape index (κ2) is 18.5. The lowest BCUT2D eigenvalue weighted by molar-refractivity contribution is -0.832. The molecule has 2 aromatic carbocycles. The van der Waals surface area contributed by atoms with Crippen LogP contribution in [-0.4, -0.2) is 51.6 Å². The number of unbranched alkanes of at least 4 members (excludes halogenated alkanes) is 3. The third-order valence-electron chi connectivity index (χ3n) is 6.95. The summed E-state index contributed by atoms with van der Waals surface area (Å²) < 4.78 is 46.0. The van der Waals surface area contributed by atoms with Gasteiger partial charge in [0, 0.05) is 19.4 Å². The lowest BCUT2D eigenvalue weighted by atomic mass is 10.0. The van der Waals surface area contributed by atoms with Gasteiger partial charge in [0.2, 0.25) is 11.8 Å². The van der Waals surface area contributed by atoms with Gasteiger partial charge in [0.05, 0.1) is 30.1 Å². The van der Waals surface area contributed by atoms with Gasteiger partial charge in [-0.15, -0.1) is 0 Å². The summed E-state index contributed by atoms with van der Waals surface area (Å²) in [5.74, 6) is -0.552. The van der Waals surface area contributed by atoms with Crippen LogP contribution in [0.3, 0.4) is 0 Å². The van der Waals surface area contributed by atoms with Gasteiger partial charge in [0.25, 0.3) is 9.84 Å². The average molecular weight is 675 g/mol. The highest BCUT2D eigenvalue weighted by Crippen LogP contribution is 2.29. The molecule has 2 N–H and O–H groups in total. The van der Waals surface area contributed by atoms with Crippen molar-refractivity contribution in [3.8, 4) is 17.4 Å². The largest absolute Gasteiger partial charge is 0.493 e. The van der Waals surface area contributed by atoms with E-state index in [-0.39, 0.29) is 47.4 Å². The Bertz CT molecular complexity index is 1580. The molecule has 0 bridgehead atoms. The number of ether oxygens (including phenoxy) is 3. The van der Waals surface area contributed by atoms with Crippen LogP contribution in [0.2, 0.25) is 0 Å². The number of amides is 2. The topological polar surface area (TPSA) is 190 Å². The molecule has 0 atom stereocenters. The summed E-state index contributed by atoms with van der Waals surface area (Å²) in [6.07, 6.45) is 5.44. The van der Waals surface area contributed by atoms with Gasteiger partial charge in [-0.05, 0) is 47.1 Å². The zero-order valence-electron chi connectivity index (χ0n) is 26.9. The van der Waals surface area contributed by atoms with Crippen LogP contribution >= 0.6 is 0 Å². The molecule has 47 heavy (non-hydrogen) atoms. The number of aromatic nitrogens is 2. The maximum Gasteiger partial charge on any atom is 0.415 e. The van der Waals surface area contributed by atoms with Crippen LogP contribution in [0.1, 0.15) is 70.8 Å². The van der Waals surface area contributed by atoms with Crippen LogP contribution in [0.5, 0.6) is 17.4 Å². The van der Waals surface area contributed by atoms with Gasteiger partial charge in [0.15, 0.2) is 11.5 Å². The van der Waals surface area contributed by atoms with Crippen molar-refractivity contribution in [2.75, 3.05) is 20.3 Å². The molecule has 0 aliphatic carbocycles. The van der Waals surface area contributed by atoms with Gasteiger partial charge in [-0.25, -0.2) is 8.42 Å². The van der Waals surface area contributed by atoms with Crippen molar-refractivity contribution in [3.05, 3.63) is 59.3 Å². The van der Waals surface area contributed by atoms with Crippen LogP contribution in [0.25, 0.3) is 0 Å². The third-order valence-corrected chi connectivity index (χ3v) is 8.68. The number of hydrogen-bond acceptors (Lipinski definition) is 11. The van der Waals surface area contributed by atoms with Crippen molar-refractivity contribution < 1.29 is 46.5 Å². The van der Waals surface area contributed by atoms with Crippen molar-refractivity contribution in [1.82, 2.24) is 15.8 Å². The first-order chi connectivity index (χ1) is 22.5. The molecule has 1 heterocycles. The zero-order valence-corrected chi connectivity index (χ0v) is 27.7. The van der Waals surface area contributed by atoms with E-state index in [1.54, 1.807) is 24.3 Å². The van der Waals surface area contributed by atoms with E-state index in [2.05, 4.69) is 34.3 Å². The van der Waals surface area contributed by atoms with Crippen molar-refractivity contribution >= 4 is 27.6 Å². The first-order valence-electron chi connectivity index (χ1n) is 15.4. The van der Waals surface area contributed by atoms with Gasteiger partial charge in [0.1, 0.15) is 6.61 Å². The van der Waals surface area contributed by atoms with Gasteiger partial charge in [-0.3, -0.25) is 19.0 Å². The molecular formula is C32H42N4O10S. The molecule has 0 aliphatic heterocycles. The molecule has 0 saturated carbocycles. The highest BCUT2D eigenvalue weighted by molar-refractivity contribution is 7.91. The van der Waals surface area contributed by atoms with Gasteiger partial charge < -0.3 is 30.1 Å². The fourth-order valence-electron chi connectivity index (χ4n) is 4.44. The van der Waals surface area contributed by atoms with Crippen LogP contribution < -0.4 is 29.7 Å². The Morgan fingerprint density at radius 3 is 2.38 bits per heavy atom. The number of nitrogens with zero attached hydrogens (tertiary/aromatic N) is 2. The summed E-state index contributed by atoms with van der Waals surface area (Å²) in [5, 5.41) is 19.9. The number of esters is 1. The fraction of sp³-hybridized carbons (Fsp3) is 0.469. The summed E-state index contributed by atoms with van der Waals surface area (Å²) in [6, 6.07) is 12.2. The number of carbonyl (C=O) groups excluding carboxylic acids is 3. The molecule has 2 amide bonds. The monoisotopic (exact) mass is 674 g/mol. The first kappa shape index (κ1) is 36.8. The standard InChI is InChI=1S/C32H42N4O10S/c1-23(2)11-7-4-5-10-14-28(37)34-22-24-15-16-26(27(21-24)43-3)45-30(39)18-17-29(38)33-19-20-44-31-32(36(40)46-35-31)47(41,42)25-12-8-6-9-13-25/h6,8-9,12-13,15-16,21,23H,4-5,7,10-11,14,17-20,22H2,1-3H3,(H,33,38)(H,34,37). The van der Waals surface area contributed by atoms with E-state index in [0.717, 1.165) is 24.8 Å². The van der Waals surface area contributed by atoms with Gasteiger partial charge >= 0.3 is 16.9 Å². The number of methoxy groups -OCH3 is 1. The SMILES string of the molecule is COc1cc(CNC(=O)CCCCCCC(C)C)ccc1OC(=O)CCC(=O)NCCOc1no[n+]([O-])c1S(=O)(=O)c1ccccc1. The van der Waals surface area contributed by atoms with E-state index >= 15 is 0 Å². The summed E-state index contributed by atoms with van der Waals surface area (Å²) in [6.45, 7) is 4.41. The van der Waals surface area contributed by atoms with E-state index in [9.17, 15) is 28.0 Å². The molecule has 3 aromatic rings. The minimum atomic E-state index is -4.27. The third kappa shape index (κ3) is 11.9. The zero-order chi connectivity index (χ0) is 34.2. The summed E-state index contributed by atoms with van der Waals surface area (Å²) in [4.78, 5) is 36.4. The Hall–Kier alpha value is -4.66. The van der Waals surface area contributed by atoms with Crippen LogP contribution in [-0.2, 0) is 30.8 Å². The average Bonchev–Trinajstić information content (AvgIpc) is 3.44. The smallest absolute Gasteiger partial charge is 0.415 e. The minimum absolute atomic E-state index is 0.0253. The number of nitrogens with one attached hydrogen (secondary N) is 2. The molecule has 0 saturated heterocycles. The Morgan fingerprint density at radius 1 is 0.936 bits per heavy atom. The molecule has 15 heteroatoms. The van der Waals surface area contributed by atoms with Crippen molar-refractivity contribution in [1.29, 1.82) is 0 Å². The second-order valence-electron chi connectivity index (χ2n) is 11.1. The molecule has 0 radical (unpaired) electrons. The normalized spacial score (nSPS) is 11.2. The first-order valence-corrected chi connectivity index (χ1v) is 16.9. The maximum atomic E-state index is 12.8. The van der Waals surface area contributed by atoms with Crippen LogP contribution in [0.15, 0.2) is 63.1 Å². The number of benzene rings is 2. The maximum absolute atomic E-state index is 12.8. The highest BCUT2D eigenvalue weighted by Gasteiger charge is 2.35. The molecule has 14 nitrogen and oxygen atoms in total. The Morgan fingerprint density at radius 2 is 1.66 bits per heavy atom. The number of sulfone groups is 1. The summed E-state index contributed by atoms with van der Waals surface area (Å²) in [7, 11) is -2.84. The summed E-state index contributed by atoms with van der Waals surface area (Å²) >= 11 is 0. The Labute approximate surface area is 274 Å². The lowest BCUT2D eigenvalue weighted by Crippen LogP contribution is -2.31. The fourth-order valence-corrected chi connectivity index (χ4v) is 5.74. The van der Waals surface area contributed by atoms with E-state index in [1.165, 1.54) is 44.2 Å². The molecule has 0 spiro atoms. The Kier molecular flexibility index (Phi) is 14.5. The molecule has 256 valence electrons. The van der Waals surface area contributed by atoms with Crippen molar-refractivity contribution in [2.45, 2.75) is 81.7 Å². The Balaban J connectivity index is 1.37. The molecule has 0 fully saturated rings. The molecule has 1 aromatic heterocycles. The molecule has 0 unspecified atom stereocenters. The van der Waals surface area contributed by atoms with Crippen molar-refractivity contribution in [3.63, 3.8) is 0 Å². The van der Waals surface area contributed by atoms with Gasteiger partial charge in [-0.2, -0.15) is 0 Å². The number of rotatable bonds is 20. The molecular weight excluding hydrogens is 632 g/mol. The minimum Gasteiger partial charge on any atom is -0.493 e.